The van der Waals surface area contributed by atoms with Gasteiger partial charge in [0.05, 0.1) is 0 Å². The van der Waals surface area contributed by atoms with Crippen molar-refractivity contribution >= 4 is 12.6 Å². The van der Waals surface area contributed by atoms with Crippen LogP contribution in [0.4, 0.5) is 0 Å². The van der Waals surface area contributed by atoms with E-state index in [1.165, 1.54) is 6.07 Å². The zero-order chi connectivity index (χ0) is 14.3. The minimum absolute atomic E-state index is 0.0621. The largest absolute Gasteiger partial charge is 0.508 e. The molecule has 1 unspecified atom stereocenters. The molecule has 0 radical (unpaired) electrons. The maximum Gasteiger partial charge on any atom is 0.150 e. The molecule has 1 aromatic carbocycles. The second kappa shape index (κ2) is 7.48. The Morgan fingerprint density at radius 2 is 2.16 bits per heavy atom. The molecule has 0 fully saturated rings. The van der Waals surface area contributed by atoms with Crippen LogP contribution >= 0.6 is 0 Å². The fraction of sp³-hybridized carbons (Fsp3) is 0.333. The first-order chi connectivity index (χ1) is 9.12. The molecule has 0 aromatic heterocycles. The fourth-order valence-corrected chi connectivity index (χ4v) is 1.99. The average molecular weight is 261 g/mol. The topological polar surface area (TPSA) is 57.6 Å². The molecule has 1 aromatic rings. The lowest BCUT2D eigenvalue weighted by Crippen LogP contribution is -2.29. The van der Waals surface area contributed by atoms with Gasteiger partial charge in [0.15, 0.2) is 0 Å². The van der Waals surface area contributed by atoms with Crippen molar-refractivity contribution in [1.29, 1.82) is 0 Å². The van der Waals surface area contributed by atoms with Crippen LogP contribution in [0, 0.1) is 0 Å². The number of nitrogens with zero attached hydrogens (tertiary/aromatic N) is 1. The van der Waals surface area contributed by atoms with Gasteiger partial charge < -0.3 is 9.90 Å². The third kappa shape index (κ3) is 4.34. The van der Waals surface area contributed by atoms with E-state index in [9.17, 15) is 14.7 Å². The molecule has 0 heterocycles. The van der Waals surface area contributed by atoms with Crippen molar-refractivity contribution in [3.63, 3.8) is 0 Å². The quantitative estimate of drug-likeness (QED) is 0.575. The SMILES string of the molecule is C=CC(CCC=O)N(C)Cc1cc(O)ccc1C=O. The van der Waals surface area contributed by atoms with Crippen molar-refractivity contribution in [2.75, 3.05) is 7.05 Å². The molecule has 0 spiro atoms. The van der Waals surface area contributed by atoms with Crippen LogP contribution in [0.15, 0.2) is 30.9 Å². The number of phenols is 1. The molecule has 19 heavy (non-hydrogen) atoms. The standard InChI is InChI=1S/C15H19NO3/c1-3-14(5-4-8-17)16(2)10-13-9-15(19)7-6-12(13)11-18/h3,6-9,11,14,19H,1,4-5,10H2,2H3. The van der Waals surface area contributed by atoms with Gasteiger partial charge in [0, 0.05) is 24.6 Å². The molecule has 0 aliphatic heterocycles. The molecule has 0 aliphatic carbocycles. The minimum Gasteiger partial charge on any atom is -0.508 e. The van der Waals surface area contributed by atoms with Crippen LogP contribution in [0.25, 0.3) is 0 Å². The minimum atomic E-state index is 0.0621. The molecule has 0 aliphatic rings. The lowest BCUT2D eigenvalue weighted by molar-refractivity contribution is -0.108. The van der Waals surface area contributed by atoms with Gasteiger partial charge in [-0.25, -0.2) is 0 Å². The van der Waals surface area contributed by atoms with Crippen LogP contribution in [-0.2, 0) is 11.3 Å². The van der Waals surface area contributed by atoms with Gasteiger partial charge >= 0.3 is 0 Å². The Morgan fingerprint density at radius 3 is 2.74 bits per heavy atom. The summed E-state index contributed by atoms with van der Waals surface area (Å²) in [7, 11) is 1.90. The molecule has 1 rings (SSSR count). The number of carbonyl (C=O) groups is 2. The van der Waals surface area contributed by atoms with Gasteiger partial charge in [0.25, 0.3) is 0 Å². The molecule has 4 heteroatoms. The maximum atomic E-state index is 11.0. The lowest BCUT2D eigenvalue weighted by atomic mass is 10.1. The van der Waals surface area contributed by atoms with Gasteiger partial charge in [-0.2, -0.15) is 0 Å². The summed E-state index contributed by atoms with van der Waals surface area (Å²) >= 11 is 0. The predicted molar refractivity (Wildman–Crippen MR) is 74.2 cm³/mol. The van der Waals surface area contributed by atoms with Crippen LogP contribution < -0.4 is 0 Å². The number of aldehydes is 2. The highest BCUT2D eigenvalue weighted by molar-refractivity contribution is 5.77. The number of phenolic OH excluding ortho intramolecular Hbond substituents is 1. The summed E-state index contributed by atoms with van der Waals surface area (Å²) < 4.78 is 0. The number of aromatic hydroxyl groups is 1. The Kier molecular flexibility index (Phi) is 5.96. The first-order valence-electron chi connectivity index (χ1n) is 6.15. The van der Waals surface area contributed by atoms with Crippen LogP contribution in [0.1, 0.15) is 28.8 Å². The van der Waals surface area contributed by atoms with Gasteiger partial charge in [-0.1, -0.05) is 6.08 Å². The zero-order valence-corrected chi connectivity index (χ0v) is 11.1. The summed E-state index contributed by atoms with van der Waals surface area (Å²) in [5.74, 6) is 0.136. The summed E-state index contributed by atoms with van der Waals surface area (Å²) in [6, 6.07) is 4.73. The van der Waals surface area contributed by atoms with E-state index in [1.54, 1.807) is 18.2 Å². The van der Waals surface area contributed by atoms with E-state index in [4.69, 9.17) is 0 Å². The van der Waals surface area contributed by atoms with E-state index in [0.717, 1.165) is 18.1 Å². The van der Waals surface area contributed by atoms with E-state index in [1.807, 2.05) is 11.9 Å². The Hall–Kier alpha value is -1.94. The van der Waals surface area contributed by atoms with Crippen LogP contribution in [-0.4, -0.2) is 35.7 Å². The van der Waals surface area contributed by atoms with E-state index >= 15 is 0 Å². The monoisotopic (exact) mass is 261 g/mol. The van der Waals surface area contributed by atoms with Crippen molar-refractivity contribution in [2.24, 2.45) is 0 Å². The smallest absolute Gasteiger partial charge is 0.150 e. The summed E-state index contributed by atoms with van der Waals surface area (Å²) in [5.41, 5.74) is 1.32. The van der Waals surface area contributed by atoms with E-state index in [0.29, 0.717) is 24.9 Å². The second-order valence-electron chi connectivity index (χ2n) is 4.46. The van der Waals surface area contributed by atoms with Crippen molar-refractivity contribution in [3.8, 4) is 5.75 Å². The molecule has 1 atom stereocenters. The van der Waals surface area contributed by atoms with Gasteiger partial charge in [-0.05, 0) is 37.2 Å². The lowest BCUT2D eigenvalue weighted by Gasteiger charge is -2.25. The van der Waals surface area contributed by atoms with Gasteiger partial charge in [0.1, 0.15) is 18.3 Å². The first-order valence-corrected chi connectivity index (χ1v) is 6.15. The Morgan fingerprint density at radius 1 is 1.42 bits per heavy atom. The molecular formula is C15H19NO3. The molecule has 102 valence electrons. The van der Waals surface area contributed by atoms with Gasteiger partial charge in [0.2, 0.25) is 0 Å². The Balaban J connectivity index is 2.82. The number of benzene rings is 1. The molecular weight excluding hydrogens is 242 g/mol. The molecule has 4 nitrogen and oxygen atoms in total. The van der Waals surface area contributed by atoms with E-state index < -0.39 is 0 Å². The second-order valence-corrected chi connectivity index (χ2v) is 4.46. The predicted octanol–water partition coefficient (Wildman–Crippen LogP) is 2.17. The van der Waals surface area contributed by atoms with Crippen molar-refractivity contribution in [2.45, 2.75) is 25.4 Å². The molecule has 0 bridgehead atoms. The summed E-state index contributed by atoms with van der Waals surface area (Å²) in [5, 5.41) is 9.48. The first kappa shape index (κ1) is 15.1. The highest BCUT2D eigenvalue weighted by Gasteiger charge is 2.13. The summed E-state index contributed by atoms with van der Waals surface area (Å²) in [6.45, 7) is 4.27. The molecule has 1 N–H and O–H groups in total. The number of rotatable bonds is 8. The third-order valence-corrected chi connectivity index (χ3v) is 3.09. The highest BCUT2D eigenvalue weighted by atomic mass is 16.3. The van der Waals surface area contributed by atoms with Crippen molar-refractivity contribution in [1.82, 2.24) is 4.90 Å². The van der Waals surface area contributed by atoms with Crippen LogP contribution in [0.3, 0.4) is 0 Å². The number of likely N-dealkylation sites (N-methyl/N-ethyl adjacent to an activating group) is 1. The van der Waals surface area contributed by atoms with Gasteiger partial charge in [-0.3, -0.25) is 9.69 Å². The normalized spacial score (nSPS) is 12.1. The fourth-order valence-electron chi connectivity index (χ4n) is 1.99. The Labute approximate surface area is 113 Å². The molecule has 0 saturated carbocycles. The molecule has 0 saturated heterocycles. The molecule has 0 amide bonds. The number of carbonyl (C=O) groups excluding carboxylic acids is 2. The number of hydrogen-bond acceptors (Lipinski definition) is 4. The van der Waals surface area contributed by atoms with Crippen LogP contribution in [0.2, 0.25) is 0 Å². The number of hydrogen-bond donors (Lipinski definition) is 1. The maximum absolute atomic E-state index is 11.0. The van der Waals surface area contributed by atoms with Crippen molar-refractivity contribution in [3.05, 3.63) is 42.0 Å². The zero-order valence-electron chi connectivity index (χ0n) is 11.1. The summed E-state index contributed by atoms with van der Waals surface area (Å²) in [4.78, 5) is 23.4. The van der Waals surface area contributed by atoms with E-state index in [2.05, 4.69) is 6.58 Å². The third-order valence-electron chi connectivity index (χ3n) is 3.09. The highest BCUT2D eigenvalue weighted by Crippen LogP contribution is 2.18. The van der Waals surface area contributed by atoms with Crippen LogP contribution in [0.5, 0.6) is 5.75 Å². The Bertz CT molecular complexity index is 457. The average Bonchev–Trinajstić information content (AvgIpc) is 2.40. The van der Waals surface area contributed by atoms with Gasteiger partial charge in [-0.15, -0.1) is 6.58 Å². The van der Waals surface area contributed by atoms with Crippen molar-refractivity contribution < 1.29 is 14.7 Å². The summed E-state index contributed by atoms with van der Waals surface area (Å²) in [6.07, 6.45) is 4.61. The van der Waals surface area contributed by atoms with E-state index in [-0.39, 0.29) is 11.8 Å².